The van der Waals surface area contributed by atoms with Crippen LogP contribution in [-0.2, 0) is 16.0 Å². The van der Waals surface area contributed by atoms with Crippen molar-refractivity contribution >= 4 is 34.0 Å². The molecule has 2 aromatic carbocycles. The molecule has 11 heteroatoms. The van der Waals surface area contributed by atoms with Crippen LogP contribution in [0.15, 0.2) is 60.1 Å². The van der Waals surface area contributed by atoms with E-state index in [4.69, 9.17) is 11.5 Å². The number of benzene rings is 2. The van der Waals surface area contributed by atoms with Crippen LogP contribution in [0.1, 0.15) is 47.0 Å². The summed E-state index contributed by atoms with van der Waals surface area (Å²) in [6, 6.07) is 12.2. The Bertz CT molecular complexity index is 1340. The number of carbonyl (C=O) groups is 2. The zero-order valence-electron chi connectivity index (χ0n) is 21.9. The number of amides is 2. The van der Waals surface area contributed by atoms with E-state index in [2.05, 4.69) is 21.7 Å². The lowest BCUT2D eigenvalue weighted by molar-refractivity contribution is -0.155. The largest absolute Gasteiger partial charge is 0.380 e. The molecular weight excluding hydrogens is 516 g/mol. The second kappa shape index (κ2) is 12.4. The zero-order chi connectivity index (χ0) is 28.1. The summed E-state index contributed by atoms with van der Waals surface area (Å²) < 4.78 is 0. The van der Waals surface area contributed by atoms with Gasteiger partial charge in [0.25, 0.3) is 11.8 Å². The zero-order valence-corrected chi connectivity index (χ0v) is 22.7. The van der Waals surface area contributed by atoms with Gasteiger partial charge < -0.3 is 37.2 Å². The van der Waals surface area contributed by atoms with E-state index in [1.165, 1.54) is 16.2 Å². The van der Waals surface area contributed by atoms with Crippen molar-refractivity contribution < 1.29 is 19.8 Å². The summed E-state index contributed by atoms with van der Waals surface area (Å²) >= 11 is 1.26. The summed E-state index contributed by atoms with van der Waals surface area (Å²) in [6.45, 7) is 4.47. The Morgan fingerprint density at radius 2 is 1.95 bits per heavy atom. The predicted molar refractivity (Wildman–Crippen MR) is 152 cm³/mol. The Kier molecular flexibility index (Phi) is 8.97. The molecule has 2 heterocycles. The van der Waals surface area contributed by atoms with Crippen molar-refractivity contribution in [2.45, 2.75) is 44.6 Å². The lowest BCUT2D eigenvalue weighted by atomic mass is 9.89. The maximum atomic E-state index is 13.5. The second-order valence-electron chi connectivity index (χ2n) is 9.52. The molecule has 1 aliphatic heterocycles. The maximum Gasteiger partial charge on any atom is 0.255 e. The van der Waals surface area contributed by atoms with E-state index in [1.54, 1.807) is 24.6 Å². The number of nitrogens with zero attached hydrogens (tertiary/aromatic N) is 2. The lowest BCUT2D eigenvalue weighted by Crippen LogP contribution is -2.53. The van der Waals surface area contributed by atoms with Crippen LogP contribution >= 0.6 is 11.3 Å². The molecule has 0 aliphatic carbocycles. The van der Waals surface area contributed by atoms with Gasteiger partial charge in [-0.25, -0.2) is 4.98 Å². The number of nitrogens with one attached hydrogen (secondary N) is 2. The minimum absolute atomic E-state index is 0.292. The van der Waals surface area contributed by atoms with Crippen LogP contribution < -0.4 is 22.1 Å². The molecule has 206 valence electrons. The Morgan fingerprint density at radius 3 is 2.62 bits per heavy atom. The fraction of sp³-hybridized carbons (Fsp3) is 0.321. The van der Waals surface area contributed by atoms with Gasteiger partial charge in [0.15, 0.2) is 17.3 Å². The summed E-state index contributed by atoms with van der Waals surface area (Å²) in [5, 5.41) is 29.4. The molecule has 4 rings (SSSR count). The minimum Gasteiger partial charge on any atom is -0.380 e. The number of aromatic nitrogens is 1. The third-order valence-electron chi connectivity index (χ3n) is 6.72. The first-order valence-electron chi connectivity index (χ1n) is 12.7. The molecule has 0 fully saturated rings. The van der Waals surface area contributed by atoms with Gasteiger partial charge in [-0.2, -0.15) is 0 Å². The standard InChI is InChI=1S/C28H34N6O4S/c1-16-4-9-21-19(14-16)10-13-34(23(21)22-15-39-28(30)33-22)27(38)25(36)24(35)26(37)32-17(2)18-5-7-20(8-6-18)31-12-3-11-29/h3-9,12,14-15,17,23-25,31,35-36H,10-11,13,29H2,1-2H3,(H2,30,33)(H,32,37)/b12-3-/t17-,23+,24-,25-/m1/s1. The van der Waals surface area contributed by atoms with Gasteiger partial charge in [0, 0.05) is 24.2 Å². The molecular formula is C28H34N6O4S. The Morgan fingerprint density at radius 1 is 1.21 bits per heavy atom. The van der Waals surface area contributed by atoms with Crippen LogP contribution in [0.3, 0.4) is 0 Å². The molecule has 0 unspecified atom stereocenters. The first-order chi connectivity index (χ1) is 18.7. The number of aliphatic hydroxyl groups is 2. The number of thiazole rings is 1. The highest BCUT2D eigenvalue weighted by Gasteiger charge is 2.40. The van der Waals surface area contributed by atoms with E-state index in [-0.39, 0.29) is 0 Å². The van der Waals surface area contributed by atoms with Crippen LogP contribution in [-0.4, -0.2) is 57.2 Å². The summed E-state index contributed by atoms with van der Waals surface area (Å²) in [5.74, 6) is -1.60. The summed E-state index contributed by atoms with van der Waals surface area (Å²) in [7, 11) is 0. The normalized spacial score (nSPS) is 17.4. The number of aryl methyl sites for hydroxylation is 1. The smallest absolute Gasteiger partial charge is 0.255 e. The number of hydrogen-bond donors (Lipinski definition) is 6. The monoisotopic (exact) mass is 550 g/mol. The first kappa shape index (κ1) is 28.2. The second-order valence-corrected chi connectivity index (χ2v) is 10.4. The van der Waals surface area contributed by atoms with E-state index in [9.17, 15) is 19.8 Å². The van der Waals surface area contributed by atoms with Crippen molar-refractivity contribution in [3.8, 4) is 0 Å². The molecule has 4 atom stereocenters. The van der Waals surface area contributed by atoms with Gasteiger partial charge in [-0.15, -0.1) is 11.3 Å². The SMILES string of the molecule is Cc1ccc2c(c1)CCN(C(=O)[C@H](O)[C@@H](O)C(=O)N[C@H](C)c1ccc(N/C=C\CN)cc1)[C@@H]2c1csc(N)n1. The van der Waals surface area contributed by atoms with Gasteiger partial charge in [0.2, 0.25) is 0 Å². The number of anilines is 2. The van der Waals surface area contributed by atoms with E-state index in [1.807, 2.05) is 43.3 Å². The average Bonchev–Trinajstić information content (AvgIpc) is 3.37. The van der Waals surface area contributed by atoms with E-state index in [0.29, 0.717) is 30.3 Å². The van der Waals surface area contributed by atoms with Crippen molar-refractivity contribution in [2.75, 3.05) is 24.1 Å². The third kappa shape index (κ3) is 6.45. The highest BCUT2D eigenvalue weighted by Crippen LogP contribution is 2.37. The number of carbonyl (C=O) groups excluding carboxylic acids is 2. The van der Waals surface area contributed by atoms with E-state index >= 15 is 0 Å². The minimum atomic E-state index is -1.96. The lowest BCUT2D eigenvalue weighted by Gasteiger charge is -2.38. The van der Waals surface area contributed by atoms with E-state index in [0.717, 1.165) is 27.9 Å². The molecule has 3 aromatic rings. The van der Waals surface area contributed by atoms with Crippen molar-refractivity contribution in [3.63, 3.8) is 0 Å². The number of aliphatic hydroxyl groups excluding tert-OH is 2. The number of rotatable bonds is 9. The van der Waals surface area contributed by atoms with Gasteiger partial charge in [-0.3, -0.25) is 9.59 Å². The number of fused-ring (bicyclic) bond motifs is 1. The summed E-state index contributed by atoms with van der Waals surface area (Å²) in [4.78, 5) is 32.2. The highest BCUT2D eigenvalue weighted by molar-refractivity contribution is 7.13. The Labute approximate surface area is 231 Å². The molecule has 8 N–H and O–H groups in total. The fourth-order valence-electron chi connectivity index (χ4n) is 4.66. The number of hydrogen-bond acceptors (Lipinski definition) is 9. The highest BCUT2D eigenvalue weighted by atomic mass is 32.1. The van der Waals surface area contributed by atoms with Crippen LogP contribution in [0, 0.1) is 6.92 Å². The average molecular weight is 551 g/mol. The molecule has 0 saturated carbocycles. The van der Waals surface area contributed by atoms with Gasteiger partial charge in [-0.1, -0.05) is 42.0 Å². The topological polar surface area (TPSA) is 167 Å². The molecule has 0 saturated heterocycles. The quantitative estimate of drug-likeness (QED) is 0.235. The molecule has 0 radical (unpaired) electrons. The summed E-state index contributed by atoms with van der Waals surface area (Å²) in [6.07, 6.45) is 0.178. The number of nitrogens with two attached hydrogens (primary N) is 2. The maximum absolute atomic E-state index is 13.5. The Hall–Kier alpha value is -3.77. The third-order valence-corrected chi connectivity index (χ3v) is 7.42. The summed E-state index contributed by atoms with van der Waals surface area (Å²) in [5.41, 5.74) is 16.6. The van der Waals surface area contributed by atoms with Crippen molar-refractivity contribution in [1.29, 1.82) is 0 Å². The molecule has 1 aliphatic rings. The molecule has 1 aromatic heterocycles. The molecule has 10 nitrogen and oxygen atoms in total. The molecule has 39 heavy (non-hydrogen) atoms. The van der Waals surface area contributed by atoms with Gasteiger partial charge in [0.1, 0.15) is 6.04 Å². The molecule has 0 spiro atoms. The van der Waals surface area contributed by atoms with Gasteiger partial charge in [0.05, 0.1) is 11.7 Å². The first-order valence-corrected chi connectivity index (χ1v) is 13.6. The predicted octanol–water partition coefficient (Wildman–Crippen LogP) is 1.99. The fourth-order valence-corrected chi connectivity index (χ4v) is 5.24. The van der Waals surface area contributed by atoms with Gasteiger partial charge >= 0.3 is 0 Å². The van der Waals surface area contributed by atoms with Crippen LogP contribution in [0.25, 0.3) is 0 Å². The van der Waals surface area contributed by atoms with Gasteiger partial charge in [-0.05, 0) is 55.3 Å². The molecule has 2 amide bonds. The van der Waals surface area contributed by atoms with Crippen LogP contribution in [0.4, 0.5) is 10.8 Å². The Balaban J connectivity index is 1.46. The number of nitrogen functional groups attached to an aromatic ring is 1. The van der Waals surface area contributed by atoms with Crippen molar-refractivity contribution in [2.24, 2.45) is 5.73 Å². The van der Waals surface area contributed by atoms with Crippen molar-refractivity contribution in [1.82, 2.24) is 15.2 Å². The van der Waals surface area contributed by atoms with Crippen LogP contribution in [0.2, 0.25) is 0 Å². The van der Waals surface area contributed by atoms with Crippen molar-refractivity contribution in [3.05, 3.63) is 88.1 Å². The van der Waals surface area contributed by atoms with E-state index < -0.39 is 36.1 Å². The van der Waals surface area contributed by atoms with Crippen LogP contribution in [0.5, 0.6) is 0 Å². The molecule has 0 bridgehead atoms.